The summed E-state index contributed by atoms with van der Waals surface area (Å²) in [6.07, 6.45) is -1.01. The van der Waals surface area contributed by atoms with E-state index in [-0.39, 0.29) is 29.9 Å². The van der Waals surface area contributed by atoms with Crippen molar-refractivity contribution in [2.45, 2.75) is 70.1 Å². The maximum Gasteiger partial charge on any atom is 0.183 e. The third-order valence-electron chi connectivity index (χ3n) is 3.54. The second-order valence-corrected chi connectivity index (χ2v) is 8.13. The second-order valence-electron chi connectivity index (χ2n) is 6.75. The Balaban J connectivity index is 1.99. The molecule has 0 aromatic heterocycles. The Morgan fingerprint density at radius 1 is 1.26 bits per heavy atom. The first kappa shape index (κ1) is 15.2. The highest BCUT2D eigenvalue weighted by molar-refractivity contribution is 7.99. The number of hydrogen-bond acceptors (Lipinski definition) is 7. The fraction of sp³-hybridized carbons (Fsp3) is 1.00. The molecule has 2 aliphatic heterocycles. The average molecular weight is 290 g/mol. The molecule has 2 saturated heterocycles. The molecule has 0 aromatic carbocycles. The van der Waals surface area contributed by atoms with Gasteiger partial charge in [0, 0.05) is 16.5 Å². The minimum Gasteiger partial charge on any atom is -0.366 e. The van der Waals surface area contributed by atoms with E-state index in [4.69, 9.17) is 9.47 Å². The van der Waals surface area contributed by atoms with Gasteiger partial charge in [-0.25, -0.2) is 0 Å². The highest BCUT2D eigenvalue weighted by Gasteiger charge is 2.56. The molecule has 4 unspecified atom stereocenters. The van der Waals surface area contributed by atoms with Gasteiger partial charge in [-0.1, -0.05) is 20.8 Å². The van der Waals surface area contributed by atoms with Crippen molar-refractivity contribution >= 4 is 11.9 Å². The molecule has 2 fully saturated rings. The second kappa shape index (κ2) is 4.96. The lowest BCUT2D eigenvalue weighted by atomic mass is 9.91. The summed E-state index contributed by atoms with van der Waals surface area (Å²) in [7, 11) is 0. The van der Waals surface area contributed by atoms with Gasteiger partial charge in [-0.15, -0.1) is 4.91 Å². The molecule has 0 saturated carbocycles. The Labute approximate surface area is 117 Å². The largest absolute Gasteiger partial charge is 0.366 e. The van der Waals surface area contributed by atoms with Gasteiger partial charge in [-0.3, -0.25) is 5.32 Å². The van der Waals surface area contributed by atoms with E-state index >= 15 is 0 Å². The molecule has 0 aromatic rings. The molecular weight excluding hydrogens is 268 g/mol. The number of rotatable bonds is 6. The lowest BCUT2D eigenvalue weighted by molar-refractivity contribution is 0.155. The number of aliphatic hydroxyl groups is 1. The molecule has 6 nitrogen and oxygen atoms in total. The van der Waals surface area contributed by atoms with Crippen molar-refractivity contribution in [3.63, 3.8) is 0 Å². The minimum atomic E-state index is -0.768. The Morgan fingerprint density at radius 3 is 2.21 bits per heavy atom. The van der Waals surface area contributed by atoms with Gasteiger partial charge in [0.1, 0.15) is 18.4 Å². The number of epoxide rings is 2. The Kier molecular flexibility index (Phi) is 3.97. The van der Waals surface area contributed by atoms with Crippen LogP contribution in [0.15, 0.2) is 4.58 Å². The van der Waals surface area contributed by atoms with Gasteiger partial charge in [0.05, 0.1) is 10.8 Å². The van der Waals surface area contributed by atoms with E-state index in [2.05, 4.69) is 30.7 Å². The molecule has 2 rings (SSSR count). The first-order valence-electron chi connectivity index (χ1n) is 6.42. The number of nitrogens with zero attached hydrogens (tertiary/aromatic N) is 1. The van der Waals surface area contributed by atoms with E-state index < -0.39 is 11.0 Å². The zero-order valence-electron chi connectivity index (χ0n) is 11.9. The number of hydrogen-bond donors (Lipinski definition) is 2. The number of nitroso groups, excluding NO2 is 1. The summed E-state index contributed by atoms with van der Waals surface area (Å²) in [6, 6.07) is -0.192. The molecule has 2 heterocycles. The maximum absolute atomic E-state index is 10.5. The van der Waals surface area contributed by atoms with Crippen LogP contribution < -0.4 is 5.32 Å². The van der Waals surface area contributed by atoms with Crippen LogP contribution in [-0.2, 0) is 9.47 Å². The van der Waals surface area contributed by atoms with Gasteiger partial charge in [0.2, 0.25) is 0 Å². The number of ether oxygens (including phenoxy) is 2. The third kappa shape index (κ3) is 3.46. The van der Waals surface area contributed by atoms with Crippen LogP contribution in [0, 0.1) is 10.3 Å². The molecule has 0 radical (unpaired) electrons. The summed E-state index contributed by atoms with van der Waals surface area (Å²) >= 11 is 0.951. The molecule has 110 valence electrons. The van der Waals surface area contributed by atoms with Crippen molar-refractivity contribution in [2.75, 3.05) is 0 Å². The summed E-state index contributed by atoms with van der Waals surface area (Å²) in [6.45, 7) is 10.1. The Hall–Kier alpha value is -0.210. The lowest BCUT2D eigenvalue weighted by Crippen LogP contribution is -2.51. The van der Waals surface area contributed by atoms with Gasteiger partial charge in [-0.05, 0) is 19.3 Å². The van der Waals surface area contributed by atoms with Crippen LogP contribution >= 0.6 is 11.9 Å². The Bertz CT molecular complexity index is 358. The summed E-state index contributed by atoms with van der Waals surface area (Å²) in [5.74, 6) is 0. The maximum atomic E-state index is 10.5. The van der Waals surface area contributed by atoms with Crippen LogP contribution in [0.1, 0.15) is 34.6 Å². The first-order chi connectivity index (χ1) is 8.66. The quantitative estimate of drug-likeness (QED) is 0.439. The normalized spacial score (nSPS) is 35.9. The predicted octanol–water partition coefficient (Wildman–Crippen LogP) is 1.63. The summed E-state index contributed by atoms with van der Waals surface area (Å²) in [4.78, 5) is 10.5. The minimum absolute atomic E-state index is 0.0609. The van der Waals surface area contributed by atoms with Crippen LogP contribution in [0.3, 0.4) is 0 Å². The smallest absolute Gasteiger partial charge is 0.183 e. The highest BCUT2D eigenvalue weighted by Crippen LogP contribution is 2.41. The van der Waals surface area contributed by atoms with Crippen LogP contribution in [0.5, 0.6) is 0 Å². The molecule has 0 aliphatic carbocycles. The van der Waals surface area contributed by atoms with Gasteiger partial charge < -0.3 is 14.6 Å². The molecule has 0 spiro atoms. The van der Waals surface area contributed by atoms with E-state index in [1.165, 1.54) is 0 Å². The SMILES string of the molecule is CC(C)(C)C1OC1N[C@@H](C1OC1O)C(C)(C)SN=O. The van der Waals surface area contributed by atoms with E-state index in [9.17, 15) is 10.0 Å². The van der Waals surface area contributed by atoms with Gasteiger partial charge in [0.25, 0.3) is 0 Å². The van der Waals surface area contributed by atoms with Crippen molar-refractivity contribution in [2.24, 2.45) is 10.00 Å². The Morgan fingerprint density at radius 2 is 1.84 bits per heavy atom. The summed E-state index contributed by atoms with van der Waals surface area (Å²) in [5.41, 5.74) is 0.0609. The third-order valence-corrected chi connectivity index (χ3v) is 4.34. The topological polar surface area (TPSA) is 86.8 Å². The number of aliphatic hydroxyl groups excluding tert-OH is 1. The zero-order valence-corrected chi connectivity index (χ0v) is 12.7. The molecule has 5 atom stereocenters. The zero-order chi connectivity index (χ0) is 14.4. The van der Waals surface area contributed by atoms with E-state index in [0.29, 0.717) is 0 Å². The van der Waals surface area contributed by atoms with Crippen molar-refractivity contribution < 1.29 is 14.6 Å². The van der Waals surface area contributed by atoms with Gasteiger partial charge in [0.15, 0.2) is 6.29 Å². The van der Waals surface area contributed by atoms with E-state index in [0.717, 1.165) is 11.9 Å². The monoisotopic (exact) mass is 290 g/mol. The fourth-order valence-electron chi connectivity index (χ4n) is 2.28. The van der Waals surface area contributed by atoms with Crippen molar-refractivity contribution in [3.8, 4) is 0 Å². The van der Waals surface area contributed by atoms with Crippen molar-refractivity contribution in [1.29, 1.82) is 0 Å². The van der Waals surface area contributed by atoms with Crippen LogP contribution in [0.25, 0.3) is 0 Å². The first-order valence-corrected chi connectivity index (χ1v) is 7.20. The molecule has 0 amide bonds. The molecule has 19 heavy (non-hydrogen) atoms. The van der Waals surface area contributed by atoms with Crippen molar-refractivity contribution in [3.05, 3.63) is 4.91 Å². The summed E-state index contributed by atoms with van der Waals surface area (Å²) < 4.78 is 13.2. The molecule has 7 heteroatoms. The fourth-order valence-corrected chi connectivity index (χ4v) is 2.79. The van der Waals surface area contributed by atoms with Gasteiger partial charge >= 0.3 is 0 Å². The molecular formula is C12H22N2O4S. The van der Waals surface area contributed by atoms with Crippen molar-refractivity contribution in [1.82, 2.24) is 5.32 Å². The predicted molar refractivity (Wildman–Crippen MR) is 73.4 cm³/mol. The van der Waals surface area contributed by atoms with E-state index in [1.54, 1.807) is 0 Å². The van der Waals surface area contributed by atoms with E-state index in [1.807, 2.05) is 13.8 Å². The average Bonchev–Trinajstić information content (AvgIpc) is 3.09. The highest BCUT2D eigenvalue weighted by atomic mass is 32.2. The standard InChI is InChI=1S/C12H22N2O4S/c1-11(2,3)8-9(18-8)13-7(6-10(15)17-6)12(4,5)19-14-16/h6-10,13,15H,1-5H3/t6?,7-,8?,9?,10?/m0/s1. The molecule has 2 aliphatic rings. The summed E-state index contributed by atoms with van der Waals surface area (Å²) in [5, 5.41) is 12.8. The van der Waals surface area contributed by atoms with Crippen LogP contribution in [-0.4, -0.2) is 40.6 Å². The lowest BCUT2D eigenvalue weighted by Gasteiger charge is -2.30. The number of nitrogens with one attached hydrogen (secondary N) is 1. The molecule has 0 bridgehead atoms. The van der Waals surface area contributed by atoms with Gasteiger partial charge in [-0.2, -0.15) is 0 Å². The molecule has 2 N–H and O–H groups in total. The van der Waals surface area contributed by atoms with Crippen LogP contribution in [0.2, 0.25) is 0 Å². The van der Waals surface area contributed by atoms with Crippen LogP contribution in [0.4, 0.5) is 0 Å².